The Morgan fingerprint density at radius 3 is 2.52 bits per heavy atom. The third-order valence-electron chi connectivity index (χ3n) is 7.70. The lowest BCUT2D eigenvalue weighted by atomic mass is 9.71. The van der Waals surface area contributed by atoms with Crippen molar-refractivity contribution in [3.8, 4) is 17.2 Å². The molecule has 0 N–H and O–H groups in total. The number of hydrogen-bond donors (Lipinski definition) is 0. The molecule has 5 rings (SSSR count). The van der Waals surface area contributed by atoms with Gasteiger partial charge in [0.1, 0.15) is 24.0 Å². The normalized spacial score (nSPS) is 16.5. The van der Waals surface area contributed by atoms with Gasteiger partial charge in [-0.1, -0.05) is 29.4 Å². The van der Waals surface area contributed by atoms with Crippen LogP contribution in [0.15, 0.2) is 59.8 Å². The number of aromatic nitrogens is 2. The highest BCUT2D eigenvalue weighted by Gasteiger charge is 2.40. The molecule has 1 unspecified atom stereocenters. The minimum absolute atomic E-state index is 0.00881. The summed E-state index contributed by atoms with van der Waals surface area (Å²) in [6.45, 7) is 3.02. The first kappa shape index (κ1) is 30.3. The Morgan fingerprint density at radius 2 is 1.81 bits per heavy atom. The SMILES string of the molecule is COc1cc(C2(C)CCCc3nc(SCc4c(F)ccc(OCCN(C)C)c4F)n(-c4ccc(F)cc4)c32)ccc1Cl. The fourth-order valence-electron chi connectivity index (χ4n) is 5.42. The molecular formula is C32H33ClF3N3O2S. The Hall–Kier alpha value is -3.14. The van der Waals surface area contributed by atoms with Crippen molar-refractivity contribution >= 4 is 23.4 Å². The van der Waals surface area contributed by atoms with Crippen LogP contribution in [0.2, 0.25) is 5.02 Å². The summed E-state index contributed by atoms with van der Waals surface area (Å²) in [4.78, 5) is 6.91. The highest BCUT2D eigenvalue weighted by Crippen LogP contribution is 2.47. The van der Waals surface area contributed by atoms with E-state index in [1.807, 2.05) is 41.8 Å². The van der Waals surface area contributed by atoms with Gasteiger partial charge in [0, 0.05) is 29.0 Å². The van der Waals surface area contributed by atoms with Gasteiger partial charge in [-0.2, -0.15) is 0 Å². The Kier molecular flexibility index (Phi) is 9.11. The summed E-state index contributed by atoms with van der Waals surface area (Å²) in [6.07, 6.45) is 2.47. The highest BCUT2D eigenvalue weighted by molar-refractivity contribution is 7.98. The lowest BCUT2D eigenvalue weighted by molar-refractivity contribution is 0.251. The number of methoxy groups -OCH3 is 1. The van der Waals surface area contributed by atoms with E-state index in [9.17, 15) is 8.78 Å². The number of ether oxygens (including phenoxy) is 2. The molecule has 1 heterocycles. The molecule has 0 spiro atoms. The standard InChI is InChI=1S/C32H33ClF3N3O2S/c1-32(20-7-12-24(33)28(18-20)40-4)15-5-6-26-30(32)39(22-10-8-21(34)9-11-22)31(37-26)42-19-23-25(35)13-14-27(29(23)36)41-17-16-38(2)3/h7-14,18H,5-6,15-17,19H2,1-4H3. The number of hydrogen-bond acceptors (Lipinski definition) is 5. The number of aryl methyl sites for hydroxylation is 1. The van der Waals surface area contributed by atoms with Gasteiger partial charge < -0.3 is 14.4 Å². The Morgan fingerprint density at radius 1 is 1.05 bits per heavy atom. The van der Waals surface area contributed by atoms with E-state index in [4.69, 9.17) is 26.1 Å². The van der Waals surface area contributed by atoms with Crippen LogP contribution in [0.5, 0.6) is 11.5 Å². The molecule has 0 amide bonds. The van der Waals surface area contributed by atoms with Gasteiger partial charge in [-0.15, -0.1) is 0 Å². The molecule has 1 aliphatic carbocycles. The molecule has 0 bridgehead atoms. The molecule has 4 aromatic rings. The molecule has 0 radical (unpaired) electrons. The Labute approximate surface area is 253 Å². The summed E-state index contributed by atoms with van der Waals surface area (Å²) < 4.78 is 57.4. The van der Waals surface area contributed by atoms with Crippen LogP contribution in [-0.2, 0) is 17.6 Å². The van der Waals surface area contributed by atoms with Crippen LogP contribution in [0.25, 0.3) is 5.69 Å². The van der Waals surface area contributed by atoms with Gasteiger partial charge in [0.05, 0.1) is 23.5 Å². The predicted octanol–water partition coefficient (Wildman–Crippen LogP) is 7.83. The second-order valence-corrected chi connectivity index (χ2v) is 12.2. The summed E-state index contributed by atoms with van der Waals surface area (Å²) in [5.41, 5.74) is 2.99. The first-order valence-corrected chi connectivity index (χ1v) is 15.1. The first-order valence-electron chi connectivity index (χ1n) is 13.7. The zero-order valence-corrected chi connectivity index (χ0v) is 25.6. The topological polar surface area (TPSA) is 39.5 Å². The maximum Gasteiger partial charge on any atom is 0.173 e. The van der Waals surface area contributed by atoms with Crippen molar-refractivity contribution in [2.24, 2.45) is 0 Å². The number of benzene rings is 3. The van der Waals surface area contributed by atoms with E-state index in [1.165, 1.54) is 36.0 Å². The number of nitrogens with zero attached hydrogens (tertiary/aromatic N) is 3. The molecule has 0 saturated carbocycles. The van der Waals surface area contributed by atoms with Crippen LogP contribution >= 0.6 is 23.4 Å². The summed E-state index contributed by atoms with van der Waals surface area (Å²) >= 11 is 7.58. The maximum atomic E-state index is 15.4. The van der Waals surface area contributed by atoms with Crippen molar-refractivity contribution in [2.75, 3.05) is 34.4 Å². The molecule has 222 valence electrons. The predicted molar refractivity (Wildman–Crippen MR) is 161 cm³/mol. The van der Waals surface area contributed by atoms with E-state index >= 15 is 4.39 Å². The average molecular weight is 616 g/mol. The van der Waals surface area contributed by atoms with Gasteiger partial charge in [-0.05, 0) is 94.4 Å². The second kappa shape index (κ2) is 12.6. The van der Waals surface area contributed by atoms with E-state index in [-0.39, 0.29) is 29.5 Å². The van der Waals surface area contributed by atoms with E-state index < -0.39 is 17.0 Å². The van der Waals surface area contributed by atoms with Crippen molar-refractivity contribution in [3.63, 3.8) is 0 Å². The number of thioether (sulfide) groups is 1. The van der Waals surface area contributed by atoms with Crippen LogP contribution in [0.1, 0.15) is 42.3 Å². The Balaban J connectivity index is 1.57. The van der Waals surface area contributed by atoms with Crippen molar-refractivity contribution in [1.29, 1.82) is 0 Å². The molecule has 1 aliphatic rings. The van der Waals surface area contributed by atoms with Gasteiger partial charge in [0.2, 0.25) is 0 Å². The number of imidazole rings is 1. The maximum absolute atomic E-state index is 15.4. The number of likely N-dealkylation sites (N-methyl/N-ethyl adjacent to an activating group) is 1. The largest absolute Gasteiger partial charge is 0.495 e. The third-order valence-corrected chi connectivity index (χ3v) is 8.97. The smallest absolute Gasteiger partial charge is 0.173 e. The van der Waals surface area contributed by atoms with Gasteiger partial charge in [0.25, 0.3) is 0 Å². The lowest BCUT2D eigenvalue weighted by Gasteiger charge is -2.36. The van der Waals surface area contributed by atoms with E-state index in [1.54, 1.807) is 19.2 Å². The van der Waals surface area contributed by atoms with Gasteiger partial charge in [0.15, 0.2) is 16.7 Å². The molecule has 10 heteroatoms. The molecule has 0 fully saturated rings. The van der Waals surface area contributed by atoms with E-state index in [0.717, 1.165) is 36.2 Å². The molecule has 42 heavy (non-hydrogen) atoms. The van der Waals surface area contributed by atoms with Crippen molar-refractivity contribution in [3.05, 3.63) is 99.6 Å². The van der Waals surface area contributed by atoms with E-state index in [0.29, 0.717) is 28.2 Å². The van der Waals surface area contributed by atoms with Crippen molar-refractivity contribution in [1.82, 2.24) is 14.5 Å². The molecule has 3 aromatic carbocycles. The summed E-state index contributed by atoms with van der Waals surface area (Å²) in [5, 5.41) is 1.08. The van der Waals surface area contributed by atoms with Crippen molar-refractivity contribution in [2.45, 2.75) is 42.5 Å². The van der Waals surface area contributed by atoms with Gasteiger partial charge in [-0.3, -0.25) is 4.57 Å². The van der Waals surface area contributed by atoms with Crippen LogP contribution in [0.4, 0.5) is 13.2 Å². The highest BCUT2D eigenvalue weighted by atomic mass is 35.5. The van der Waals surface area contributed by atoms with Crippen LogP contribution < -0.4 is 9.47 Å². The van der Waals surface area contributed by atoms with Gasteiger partial charge >= 0.3 is 0 Å². The fraction of sp³-hybridized carbons (Fsp3) is 0.344. The average Bonchev–Trinajstić information content (AvgIpc) is 3.34. The lowest BCUT2D eigenvalue weighted by Crippen LogP contribution is -2.31. The molecule has 5 nitrogen and oxygen atoms in total. The van der Waals surface area contributed by atoms with Crippen LogP contribution in [0, 0.1) is 17.5 Å². The fourth-order valence-corrected chi connectivity index (χ4v) is 6.65. The van der Waals surface area contributed by atoms with Crippen molar-refractivity contribution < 1.29 is 22.6 Å². The molecular weight excluding hydrogens is 583 g/mol. The number of rotatable bonds is 10. The van der Waals surface area contributed by atoms with E-state index in [2.05, 4.69) is 6.92 Å². The minimum atomic E-state index is -0.719. The molecule has 0 saturated heterocycles. The summed E-state index contributed by atoms with van der Waals surface area (Å²) in [7, 11) is 5.37. The monoisotopic (exact) mass is 615 g/mol. The van der Waals surface area contributed by atoms with Gasteiger partial charge in [-0.25, -0.2) is 18.2 Å². The third kappa shape index (κ3) is 6.00. The molecule has 1 aromatic heterocycles. The summed E-state index contributed by atoms with van der Waals surface area (Å²) in [5.74, 6) is -1.15. The Bertz CT molecular complexity index is 1580. The zero-order valence-electron chi connectivity index (χ0n) is 24.0. The minimum Gasteiger partial charge on any atom is -0.495 e. The molecule has 1 atom stereocenters. The van der Waals surface area contributed by atoms with Crippen LogP contribution in [0.3, 0.4) is 0 Å². The second-order valence-electron chi connectivity index (χ2n) is 10.8. The number of halogens is 4. The summed E-state index contributed by atoms with van der Waals surface area (Å²) in [6, 6.07) is 14.5. The molecule has 0 aliphatic heterocycles. The zero-order chi connectivity index (χ0) is 30.0. The van der Waals surface area contributed by atoms with Crippen LogP contribution in [-0.4, -0.2) is 48.8 Å². The quantitative estimate of drug-likeness (QED) is 0.170. The number of fused-ring (bicyclic) bond motifs is 1. The first-order chi connectivity index (χ1) is 20.1.